The number of rotatable bonds is 2. The molecule has 2 heterocycles. The van der Waals surface area contributed by atoms with E-state index in [1.165, 1.54) is 63.4 Å². The lowest BCUT2D eigenvalue weighted by Crippen LogP contribution is -2.36. The van der Waals surface area contributed by atoms with Crippen LogP contribution in [-0.4, -0.2) is 18.6 Å². The van der Waals surface area contributed by atoms with Crippen LogP contribution in [0.15, 0.2) is 110 Å². The average Bonchev–Trinajstić information content (AvgIpc) is 3.45. The molecule has 0 radical (unpaired) electrons. The van der Waals surface area contributed by atoms with E-state index in [-0.39, 0.29) is 0 Å². The lowest BCUT2D eigenvalue weighted by atomic mass is 9.89. The van der Waals surface area contributed by atoms with Gasteiger partial charge in [-0.2, -0.15) is 0 Å². The zero-order valence-electron chi connectivity index (χ0n) is 19.7. The maximum atomic E-state index is 3.74. The Bertz CT molecular complexity index is 1280. The molecule has 0 aromatic heterocycles. The highest BCUT2D eigenvalue weighted by atomic mass is 79.9. The Kier molecular flexibility index (Phi) is 5.26. The van der Waals surface area contributed by atoms with Gasteiger partial charge in [0.1, 0.15) is 8.07 Å². The van der Waals surface area contributed by atoms with Gasteiger partial charge in [-0.25, -0.2) is 0 Å². The van der Waals surface area contributed by atoms with Gasteiger partial charge in [-0.15, -0.1) is 23.5 Å². The molecule has 0 aromatic rings. The van der Waals surface area contributed by atoms with Crippen molar-refractivity contribution in [1.29, 1.82) is 0 Å². The molecule has 0 amide bonds. The van der Waals surface area contributed by atoms with E-state index in [1.807, 2.05) is 23.5 Å². The minimum atomic E-state index is -1.96. The lowest BCUT2D eigenvalue weighted by Gasteiger charge is -2.35. The van der Waals surface area contributed by atoms with E-state index in [4.69, 9.17) is 0 Å². The second-order valence-electron chi connectivity index (χ2n) is 10.2. The van der Waals surface area contributed by atoms with Gasteiger partial charge >= 0.3 is 0 Å². The molecule has 168 valence electrons. The SMILES string of the molecule is CC1=C([Si](C)(C)C2=C(C)C=C3C2=CC2SC(Br)=CC2=C3C)C2=CC3SC(Br)=CC3=C(C)C2=C1. The van der Waals surface area contributed by atoms with Gasteiger partial charge in [0, 0.05) is 0 Å². The quantitative estimate of drug-likeness (QED) is 0.284. The first-order chi connectivity index (χ1) is 15.6. The Morgan fingerprint density at radius 3 is 1.42 bits per heavy atom. The van der Waals surface area contributed by atoms with Gasteiger partial charge < -0.3 is 0 Å². The van der Waals surface area contributed by atoms with E-state index in [2.05, 4.69) is 109 Å². The van der Waals surface area contributed by atoms with E-state index in [9.17, 15) is 0 Å². The van der Waals surface area contributed by atoms with E-state index >= 15 is 0 Å². The molecular weight excluding hydrogens is 588 g/mol. The van der Waals surface area contributed by atoms with Crippen LogP contribution in [0.25, 0.3) is 0 Å². The fraction of sp³-hybridized carbons (Fsp3) is 0.286. The fourth-order valence-corrected chi connectivity index (χ4v) is 14.4. The van der Waals surface area contributed by atoms with Crippen molar-refractivity contribution in [3.05, 3.63) is 110 Å². The highest BCUT2D eigenvalue weighted by Gasteiger charge is 2.45. The summed E-state index contributed by atoms with van der Waals surface area (Å²) in [6, 6.07) is 0. The Labute approximate surface area is 223 Å². The summed E-state index contributed by atoms with van der Waals surface area (Å²) in [6.45, 7) is 14.5. The van der Waals surface area contributed by atoms with E-state index in [0.29, 0.717) is 10.5 Å². The number of allylic oxidation sites excluding steroid dienone is 14. The van der Waals surface area contributed by atoms with Crippen LogP contribution >= 0.6 is 55.4 Å². The second kappa shape index (κ2) is 7.64. The van der Waals surface area contributed by atoms with Crippen molar-refractivity contribution in [2.75, 3.05) is 0 Å². The van der Waals surface area contributed by atoms with Crippen molar-refractivity contribution in [2.45, 2.75) is 51.3 Å². The van der Waals surface area contributed by atoms with Gasteiger partial charge in [-0.1, -0.05) is 48.5 Å². The molecule has 0 fully saturated rings. The number of fused-ring (bicyclic) bond motifs is 4. The first kappa shape index (κ1) is 22.7. The van der Waals surface area contributed by atoms with Crippen LogP contribution in [0.1, 0.15) is 27.7 Å². The Balaban J connectivity index is 1.43. The van der Waals surface area contributed by atoms with Crippen molar-refractivity contribution in [2.24, 2.45) is 0 Å². The molecular formula is C28H26Br2S2Si. The predicted octanol–water partition coefficient (Wildman–Crippen LogP) is 9.50. The zero-order chi connectivity index (χ0) is 23.4. The number of thioether (sulfide) groups is 2. The van der Waals surface area contributed by atoms with Crippen LogP contribution in [0.5, 0.6) is 0 Å². The van der Waals surface area contributed by atoms with Crippen LogP contribution in [0.3, 0.4) is 0 Å². The molecule has 6 aliphatic rings. The van der Waals surface area contributed by atoms with Crippen molar-refractivity contribution in [1.82, 2.24) is 0 Å². The summed E-state index contributed by atoms with van der Waals surface area (Å²) >= 11 is 11.3. The largest absolute Gasteiger partial charge is 0.114 e. The third kappa shape index (κ3) is 3.22. The minimum Gasteiger partial charge on any atom is -0.106 e. The summed E-state index contributed by atoms with van der Waals surface area (Å²) in [7, 11) is -1.96. The van der Waals surface area contributed by atoms with E-state index < -0.39 is 8.07 Å². The molecule has 0 saturated carbocycles. The molecule has 0 spiro atoms. The van der Waals surface area contributed by atoms with Crippen LogP contribution in [-0.2, 0) is 0 Å². The number of hydrogen-bond acceptors (Lipinski definition) is 2. The molecule has 0 saturated heterocycles. The summed E-state index contributed by atoms with van der Waals surface area (Å²) in [6.07, 6.45) is 14.7. The molecule has 2 unspecified atom stereocenters. The maximum absolute atomic E-state index is 3.74. The number of halogens is 2. The molecule has 4 aliphatic carbocycles. The van der Waals surface area contributed by atoms with E-state index in [1.54, 1.807) is 10.4 Å². The summed E-state index contributed by atoms with van der Waals surface area (Å²) in [5.41, 5.74) is 14.7. The summed E-state index contributed by atoms with van der Waals surface area (Å²) in [5.74, 6) is 0. The van der Waals surface area contributed by atoms with Crippen LogP contribution in [0, 0.1) is 0 Å². The summed E-state index contributed by atoms with van der Waals surface area (Å²) in [5, 5.41) is 4.14. The highest BCUT2D eigenvalue weighted by molar-refractivity contribution is 9.14. The first-order valence-electron chi connectivity index (χ1n) is 11.4. The molecule has 2 atom stereocenters. The van der Waals surface area contributed by atoms with Gasteiger partial charge in [0.15, 0.2) is 0 Å². The predicted molar refractivity (Wildman–Crippen MR) is 157 cm³/mol. The summed E-state index contributed by atoms with van der Waals surface area (Å²) < 4.78 is 2.50. The summed E-state index contributed by atoms with van der Waals surface area (Å²) in [4.78, 5) is 0. The fourth-order valence-electron chi connectivity index (χ4n) is 6.53. The lowest BCUT2D eigenvalue weighted by molar-refractivity contribution is 1.17. The van der Waals surface area contributed by atoms with Gasteiger partial charge in [0.25, 0.3) is 0 Å². The van der Waals surface area contributed by atoms with Crippen LogP contribution in [0.2, 0.25) is 13.1 Å². The van der Waals surface area contributed by atoms with Gasteiger partial charge in [-0.05, 0) is 127 Å². The third-order valence-electron chi connectivity index (χ3n) is 7.82. The van der Waals surface area contributed by atoms with Crippen molar-refractivity contribution < 1.29 is 0 Å². The normalized spacial score (nSPS) is 28.4. The van der Waals surface area contributed by atoms with E-state index in [0.717, 1.165) is 0 Å². The van der Waals surface area contributed by atoms with Crippen LogP contribution < -0.4 is 0 Å². The second-order valence-corrected chi connectivity index (χ2v) is 19.5. The Morgan fingerprint density at radius 2 is 1.03 bits per heavy atom. The molecule has 5 heteroatoms. The maximum Gasteiger partial charge on any atom is 0.114 e. The van der Waals surface area contributed by atoms with Crippen molar-refractivity contribution >= 4 is 63.5 Å². The molecule has 0 N–H and O–H groups in total. The molecule has 6 rings (SSSR count). The monoisotopic (exact) mass is 612 g/mol. The minimum absolute atomic E-state index is 0.435. The molecule has 0 nitrogen and oxygen atoms in total. The Hall–Kier alpha value is -0.723. The smallest absolute Gasteiger partial charge is 0.106 e. The van der Waals surface area contributed by atoms with Gasteiger partial charge in [0.2, 0.25) is 0 Å². The molecule has 33 heavy (non-hydrogen) atoms. The molecule has 0 aromatic carbocycles. The molecule has 0 bridgehead atoms. The Morgan fingerprint density at radius 1 is 0.636 bits per heavy atom. The third-order valence-corrected chi connectivity index (χ3v) is 15.2. The standard InChI is InChI=1S/C28H26Br2S2Si/c1-13-7-17-15(3)19-11-25(29)31-23(19)9-21(17)27(13)33(5,6)28-14(2)8-18-16(4)20-12-26(30)32-24(20)10-22(18)28/h7-12,23-24H,1-6H3. The first-order valence-corrected chi connectivity index (χ1v) is 17.7. The van der Waals surface area contributed by atoms with Crippen molar-refractivity contribution in [3.8, 4) is 0 Å². The number of hydrogen-bond donors (Lipinski definition) is 0. The highest BCUT2D eigenvalue weighted by Crippen LogP contribution is 2.56. The van der Waals surface area contributed by atoms with Gasteiger partial charge in [0.05, 0.1) is 18.1 Å². The topological polar surface area (TPSA) is 0 Å². The van der Waals surface area contributed by atoms with Gasteiger partial charge in [-0.3, -0.25) is 0 Å². The average molecular weight is 615 g/mol. The van der Waals surface area contributed by atoms with Crippen molar-refractivity contribution in [3.63, 3.8) is 0 Å². The zero-order valence-corrected chi connectivity index (χ0v) is 25.5. The molecule has 2 aliphatic heterocycles. The van der Waals surface area contributed by atoms with Crippen LogP contribution in [0.4, 0.5) is 0 Å².